The monoisotopic (exact) mass is 292 g/mol. The van der Waals surface area contributed by atoms with E-state index in [4.69, 9.17) is 0 Å². The standard InChI is InChI=1S/C18H32N2O/c1-12-4-8-16(9-5-12)20(3)18(21)19-13(2)17-11-14-6-7-15(17)10-14/h12-17H,4-11H2,1-3H3,(H,19,21). The molecule has 3 aliphatic carbocycles. The molecular weight excluding hydrogens is 260 g/mol. The summed E-state index contributed by atoms with van der Waals surface area (Å²) in [5.41, 5.74) is 0. The van der Waals surface area contributed by atoms with Crippen molar-refractivity contribution < 1.29 is 4.79 Å². The van der Waals surface area contributed by atoms with Crippen LogP contribution in [0.25, 0.3) is 0 Å². The van der Waals surface area contributed by atoms with Gasteiger partial charge in [-0.05, 0) is 75.5 Å². The predicted octanol–water partition coefficient (Wildman–Crippen LogP) is 4.03. The Hall–Kier alpha value is -0.730. The van der Waals surface area contributed by atoms with Crippen molar-refractivity contribution in [2.75, 3.05) is 7.05 Å². The molecule has 0 aliphatic heterocycles. The molecule has 0 radical (unpaired) electrons. The minimum Gasteiger partial charge on any atom is -0.335 e. The molecule has 4 atom stereocenters. The minimum absolute atomic E-state index is 0.157. The first-order valence-electron chi connectivity index (χ1n) is 9.08. The van der Waals surface area contributed by atoms with Crippen molar-refractivity contribution in [2.45, 2.75) is 77.3 Å². The summed E-state index contributed by atoms with van der Waals surface area (Å²) in [6.07, 6.45) is 10.5. The number of hydrogen-bond donors (Lipinski definition) is 1. The lowest BCUT2D eigenvalue weighted by molar-refractivity contribution is 0.154. The van der Waals surface area contributed by atoms with E-state index in [1.807, 2.05) is 11.9 Å². The van der Waals surface area contributed by atoms with Gasteiger partial charge in [0, 0.05) is 19.1 Å². The molecule has 3 aliphatic rings. The number of nitrogens with one attached hydrogen (secondary N) is 1. The van der Waals surface area contributed by atoms with Crippen molar-refractivity contribution in [3.05, 3.63) is 0 Å². The quantitative estimate of drug-likeness (QED) is 0.837. The third kappa shape index (κ3) is 3.22. The molecule has 0 aromatic heterocycles. The second kappa shape index (κ2) is 6.18. The zero-order chi connectivity index (χ0) is 15.0. The molecule has 21 heavy (non-hydrogen) atoms. The lowest BCUT2D eigenvalue weighted by atomic mass is 9.84. The van der Waals surface area contributed by atoms with Gasteiger partial charge >= 0.3 is 6.03 Å². The van der Waals surface area contributed by atoms with Gasteiger partial charge in [-0.1, -0.05) is 13.3 Å². The van der Waals surface area contributed by atoms with Crippen LogP contribution in [-0.4, -0.2) is 30.1 Å². The maximum absolute atomic E-state index is 12.5. The number of amides is 2. The van der Waals surface area contributed by atoms with Crippen LogP contribution in [0.3, 0.4) is 0 Å². The molecule has 4 unspecified atom stereocenters. The highest BCUT2D eigenvalue weighted by Crippen LogP contribution is 2.49. The van der Waals surface area contributed by atoms with E-state index in [0.29, 0.717) is 12.1 Å². The van der Waals surface area contributed by atoms with Gasteiger partial charge in [0.25, 0.3) is 0 Å². The van der Waals surface area contributed by atoms with E-state index in [1.165, 1.54) is 51.4 Å². The van der Waals surface area contributed by atoms with Crippen LogP contribution in [0, 0.1) is 23.7 Å². The molecule has 0 spiro atoms. The highest BCUT2D eigenvalue weighted by Gasteiger charge is 2.42. The van der Waals surface area contributed by atoms with Crippen LogP contribution in [0.5, 0.6) is 0 Å². The van der Waals surface area contributed by atoms with E-state index < -0.39 is 0 Å². The van der Waals surface area contributed by atoms with Crippen molar-refractivity contribution in [1.82, 2.24) is 10.2 Å². The number of fused-ring (bicyclic) bond motifs is 2. The van der Waals surface area contributed by atoms with Gasteiger partial charge in [0.05, 0.1) is 0 Å². The number of carbonyl (C=O) groups excluding carboxylic acids is 1. The maximum atomic E-state index is 12.5. The first-order valence-corrected chi connectivity index (χ1v) is 9.08. The van der Waals surface area contributed by atoms with E-state index in [0.717, 1.165) is 23.7 Å². The van der Waals surface area contributed by atoms with Gasteiger partial charge in [-0.25, -0.2) is 4.79 Å². The third-order valence-electron chi connectivity index (χ3n) is 6.64. The van der Waals surface area contributed by atoms with E-state index in [-0.39, 0.29) is 6.03 Å². The van der Waals surface area contributed by atoms with Crippen molar-refractivity contribution in [2.24, 2.45) is 23.7 Å². The average Bonchev–Trinajstić information content (AvgIpc) is 3.10. The Kier molecular flexibility index (Phi) is 4.46. The molecule has 0 heterocycles. The van der Waals surface area contributed by atoms with Crippen molar-refractivity contribution in [1.29, 1.82) is 0 Å². The molecule has 0 aromatic rings. The Morgan fingerprint density at radius 2 is 1.81 bits per heavy atom. The van der Waals surface area contributed by atoms with Gasteiger partial charge in [-0.15, -0.1) is 0 Å². The van der Waals surface area contributed by atoms with Crippen LogP contribution in [0.4, 0.5) is 4.79 Å². The number of hydrogen-bond acceptors (Lipinski definition) is 1. The summed E-state index contributed by atoms with van der Waals surface area (Å²) >= 11 is 0. The fourth-order valence-corrected chi connectivity index (χ4v) is 5.11. The van der Waals surface area contributed by atoms with Gasteiger partial charge in [-0.2, -0.15) is 0 Å². The highest BCUT2D eigenvalue weighted by atomic mass is 16.2. The van der Waals surface area contributed by atoms with Crippen molar-refractivity contribution in [3.8, 4) is 0 Å². The van der Waals surface area contributed by atoms with E-state index in [2.05, 4.69) is 19.2 Å². The lowest BCUT2D eigenvalue weighted by Gasteiger charge is -2.35. The molecule has 1 N–H and O–H groups in total. The third-order valence-corrected chi connectivity index (χ3v) is 6.64. The molecule has 2 amide bonds. The summed E-state index contributed by atoms with van der Waals surface area (Å²) in [5, 5.41) is 3.30. The zero-order valence-electron chi connectivity index (χ0n) is 14.0. The predicted molar refractivity (Wildman–Crippen MR) is 86.1 cm³/mol. The normalized spacial score (nSPS) is 40.0. The largest absolute Gasteiger partial charge is 0.335 e. The van der Waals surface area contributed by atoms with Crippen molar-refractivity contribution >= 4 is 6.03 Å². The van der Waals surface area contributed by atoms with Crippen LogP contribution in [-0.2, 0) is 0 Å². The molecule has 120 valence electrons. The van der Waals surface area contributed by atoms with Crippen LogP contribution in [0.1, 0.15) is 65.2 Å². The van der Waals surface area contributed by atoms with E-state index in [9.17, 15) is 4.79 Å². The Morgan fingerprint density at radius 1 is 1.10 bits per heavy atom. The van der Waals surface area contributed by atoms with Gasteiger partial charge in [0.2, 0.25) is 0 Å². The van der Waals surface area contributed by atoms with Crippen LogP contribution in [0.2, 0.25) is 0 Å². The molecule has 3 heteroatoms. The van der Waals surface area contributed by atoms with Crippen LogP contribution >= 0.6 is 0 Å². The Balaban J connectivity index is 1.49. The first-order chi connectivity index (χ1) is 10.0. The van der Waals surface area contributed by atoms with E-state index in [1.54, 1.807) is 0 Å². The Bertz CT molecular complexity index is 375. The van der Waals surface area contributed by atoms with E-state index >= 15 is 0 Å². The Morgan fingerprint density at radius 3 is 2.38 bits per heavy atom. The molecule has 0 saturated heterocycles. The SMILES string of the molecule is CC1CCC(N(C)C(=O)NC(C)C2CC3CCC2C3)CC1. The average molecular weight is 292 g/mol. The molecule has 3 rings (SSSR count). The van der Waals surface area contributed by atoms with Gasteiger partial charge < -0.3 is 10.2 Å². The molecule has 2 bridgehead atoms. The van der Waals surface area contributed by atoms with Gasteiger partial charge in [0.1, 0.15) is 0 Å². The van der Waals surface area contributed by atoms with Crippen LogP contribution < -0.4 is 5.32 Å². The van der Waals surface area contributed by atoms with Gasteiger partial charge in [-0.3, -0.25) is 0 Å². The summed E-state index contributed by atoms with van der Waals surface area (Å²) in [6.45, 7) is 4.55. The summed E-state index contributed by atoms with van der Waals surface area (Å²) < 4.78 is 0. The van der Waals surface area contributed by atoms with Crippen molar-refractivity contribution in [3.63, 3.8) is 0 Å². The number of carbonyl (C=O) groups is 1. The number of nitrogens with zero attached hydrogens (tertiary/aromatic N) is 1. The Labute approximate surface area is 129 Å². The second-order valence-electron chi connectivity index (χ2n) is 8.10. The maximum Gasteiger partial charge on any atom is 0.317 e. The fraction of sp³-hybridized carbons (Fsp3) is 0.944. The summed E-state index contributed by atoms with van der Waals surface area (Å²) in [6, 6.07) is 0.955. The second-order valence-corrected chi connectivity index (χ2v) is 8.10. The molecule has 3 nitrogen and oxygen atoms in total. The fourth-order valence-electron chi connectivity index (χ4n) is 5.11. The highest BCUT2D eigenvalue weighted by molar-refractivity contribution is 5.74. The first kappa shape index (κ1) is 15.2. The number of rotatable bonds is 3. The van der Waals surface area contributed by atoms with Gasteiger partial charge in [0.15, 0.2) is 0 Å². The topological polar surface area (TPSA) is 32.3 Å². The molecule has 3 saturated carbocycles. The molecule has 3 fully saturated rings. The number of urea groups is 1. The smallest absolute Gasteiger partial charge is 0.317 e. The zero-order valence-corrected chi connectivity index (χ0v) is 14.0. The summed E-state index contributed by atoms with van der Waals surface area (Å²) in [5.74, 6) is 3.40. The molecule has 0 aromatic carbocycles. The summed E-state index contributed by atoms with van der Waals surface area (Å²) in [7, 11) is 1.99. The van der Waals surface area contributed by atoms with Crippen LogP contribution in [0.15, 0.2) is 0 Å². The summed E-state index contributed by atoms with van der Waals surface area (Å²) in [4.78, 5) is 14.5. The minimum atomic E-state index is 0.157. The molecular formula is C18H32N2O. The lowest BCUT2D eigenvalue weighted by Crippen LogP contribution is -2.49.